The molecule has 1 aliphatic rings. The molecule has 6 nitrogen and oxygen atoms in total. The Bertz CT molecular complexity index is 771. The van der Waals surface area contributed by atoms with Gasteiger partial charge in [0.2, 0.25) is 0 Å². The highest BCUT2D eigenvalue weighted by molar-refractivity contribution is 5.95. The zero-order chi connectivity index (χ0) is 19.4. The van der Waals surface area contributed by atoms with E-state index in [9.17, 15) is 9.90 Å². The molecule has 1 aliphatic heterocycles. The summed E-state index contributed by atoms with van der Waals surface area (Å²) in [4.78, 5) is 27.7. The number of carbonyl (C=O) groups excluding carboxylic acids is 1. The summed E-state index contributed by atoms with van der Waals surface area (Å²) in [5.41, 5.74) is 2.05. The van der Waals surface area contributed by atoms with Gasteiger partial charge < -0.3 is 10.0 Å². The Kier molecular flexibility index (Phi) is 6.16. The molecule has 1 atom stereocenters. The van der Waals surface area contributed by atoms with Crippen molar-refractivity contribution in [3.8, 4) is 11.4 Å². The lowest BCUT2D eigenvalue weighted by atomic mass is 9.87. The van der Waals surface area contributed by atoms with E-state index < -0.39 is 0 Å². The van der Waals surface area contributed by atoms with Crippen LogP contribution in [-0.2, 0) is 0 Å². The number of rotatable bonds is 5. The third kappa shape index (κ3) is 4.69. The standard InChI is InChI=1S/C21H28N4O2/c1-14(2)11-19(26)16-6-9-25(10-7-16)21(27)18-13-23-20(24-15(18)3)17-5-4-8-22-12-17/h4-5,8,12-14,16,19,26H,6-7,9-11H2,1-3H3/t19-/m1/s1. The monoisotopic (exact) mass is 368 g/mol. The minimum atomic E-state index is -0.272. The Morgan fingerprint density at radius 1 is 1.30 bits per heavy atom. The van der Waals surface area contributed by atoms with Crippen LogP contribution >= 0.6 is 0 Å². The summed E-state index contributed by atoms with van der Waals surface area (Å²) in [6.07, 6.45) is 7.26. The lowest BCUT2D eigenvalue weighted by Gasteiger charge is -2.34. The SMILES string of the molecule is Cc1nc(-c2cccnc2)ncc1C(=O)N1CCC([C@H](O)CC(C)C)CC1. The zero-order valence-corrected chi connectivity index (χ0v) is 16.3. The fourth-order valence-electron chi connectivity index (χ4n) is 3.64. The van der Waals surface area contributed by atoms with Crippen molar-refractivity contribution in [3.05, 3.63) is 42.0 Å². The van der Waals surface area contributed by atoms with E-state index in [1.807, 2.05) is 24.0 Å². The summed E-state index contributed by atoms with van der Waals surface area (Å²) in [6.45, 7) is 7.43. The fourth-order valence-corrected chi connectivity index (χ4v) is 3.64. The molecule has 0 bridgehead atoms. The van der Waals surface area contributed by atoms with E-state index in [0.29, 0.717) is 36.1 Å². The number of amides is 1. The van der Waals surface area contributed by atoms with E-state index in [4.69, 9.17) is 0 Å². The summed E-state index contributed by atoms with van der Waals surface area (Å²) in [6, 6.07) is 3.74. The lowest BCUT2D eigenvalue weighted by molar-refractivity contribution is 0.0384. The van der Waals surface area contributed by atoms with Crippen LogP contribution in [0.1, 0.15) is 49.2 Å². The van der Waals surface area contributed by atoms with Crippen molar-refractivity contribution in [1.29, 1.82) is 0 Å². The van der Waals surface area contributed by atoms with Gasteiger partial charge >= 0.3 is 0 Å². The number of aryl methyl sites for hydroxylation is 1. The van der Waals surface area contributed by atoms with Crippen LogP contribution in [-0.4, -0.2) is 50.1 Å². The number of aliphatic hydroxyl groups excluding tert-OH is 1. The molecule has 27 heavy (non-hydrogen) atoms. The van der Waals surface area contributed by atoms with Gasteiger partial charge in [-0.3, -0.25) is 9.78 Å². The van der Waals surface area contributed by atoms with Crippen LogP contribution in [0.2, 0.25) is 0 Å². The molecule has 0 saturated carbocycles. The molecule has 3 rings (SSSR count). The second-order valence-electron chi connectivity index (χ2n) is 7.76. The number of hydrogen-bond donors (Lipinski definition) is 1. The van der Waals surface area contributed by atoms with Gasteiger partial charge in [-0.25, -0.2) is 9.97 Å². The molecule has 1 amide bonds. The Morgan fingerprint density at radius 2 is 2.04 bits per heavy atom. The highest BCUT2D eigenvalue weighted by Crippen LogP contribution is 2.26. The Hall–Kier alpha value is -2.34. The Balaban J connectivity index is 1.65. The van der Waals surface area contributed by atoms with Crippen LogP contribution in [0.4, 0.5) is 0 Å². The van der Waals surface area contributed by atoms with E-state index in [1.54, 1.807) is 18.6 Å². The van der Waals surface area contributed by atoms with Gasteiger partial charge in [0.25, 0.3) is 5.91 Å². The molecule has 0 spiro atoms. The molecule has 144 valence electrons. The molecule has 0 aromatic carbocycles. The quantitative estimate of drug-likeness (QED) is 0.877. The maximum atomic E-state index is 12.9. The van der Waals surface area contributed by atoms with E-state index in [0.717, 1.165) is 24.8 Å². The van der Waals surface area contributed by atoms with E-state index >= 15 is 0 Å². The molecular weight excluding hydrogens is 340 g/mol. The molecule has 1 fully saturated rings. The summed E-state index contributed by atoms with van der Waals surface area (Å²) >= 11 is 0. The predicted octanol–water partition coefficient (Wildman–Crippen LogP) is 3.11. The molecule has 2 aromatic rings. The summed E-state index contributed by atoms with van der Waals surface area (Å²) in [5, 5.41) is 10.3. The maximum Gasteiger partial charge on any atom is 0.257 e. The molecule has 6 heteroatoms. The number of aromatic nitrogens is 3. The van der Waals surface area contributed by atoms with Crippen LogP contribution in [0.25, 0.3) is 11.4 Å². The summed E-state index contributed by atoms with van der Waals surface area (Å²) < 4.78 is 0. The highest BCUT2D eigenvalue weighted by atomic mass is 16.3. The van der Waals surface area contributed by atoms with Crippen molar-refractivity contribution >= 4 is 5.91 Å². The van der Waals surface area contributed by atoms with Gasteiger partial charge in [0.05, 0.1) is 17.4 Å². The van der Waals surface area contributed by atoms with E-state index in [1.165, 1.54) is 0 Å². The maximum absolute atomic E-state index is 12.9. The van der Waals surface area contributed by atoms with E-state index in [-0.39, 0.29) is 17.9 Å². The first-order valence-corrected chi connectivity index (χ1v) is 9.67. The van der Waals surface area contributed by atoms with Gasteiger partial charge in [0.1, 0.15) is 0 Å². The average molecular weight is 368 g/mol. The predicted molar refractivity (Wildman–Crippen MR) is 104 cm³/mol. The largest absolute Gasteiger partial charge is 0.393 e. The minimum absolute atomic E-state index is 0.0259. The van der Waals surface area contributed by atoms with Gasteiger partial charge in [-0.15, -0.1) is 0 Å². The van der Waals surface area contributed by atoms with Crippen LogP contribution in [0, 0.1) is 18.8 Å². The highest BCUT2D eigenvalue weighted by Gasteiger charge is 2.29. The van der Waals surface area contributed by atoms with Crippen molar-refractivity contribution in [3.63, 3.8) is 0 Å². The number of carbonyl (C=O) groups is 1. The Labute approximate surface area is 160 Å². The van der Waals surface area contributed by atoms with Crippen LogP contribution in [0.15, 0.2) is 30.7 Å². The molecule has 2 aromatic heterocycles. The van der Waals surface area contributed by atoms with Crippen LogP contribution < -0.4 is 0 Å². The van der Waals surface area contributed by atoms with Crippen molar-refractivity contribution in [1.82, 2.24) is 19.9 Å². The first kappa shape index (κ1) is 19.4. The number of hydrogen-bond acceptors (Lipinski definition) is 5. The molecule has 0 unspecified atom stereocenters. The van der Waals surface area contributed by atoms with Gasteiger partial charge in [0.15, 0.2) is 5.82 Å². The first-order chi connectivity index (χ1) is 13.0. The lowest BCUT2D eigenvalue weighted by Crippen LogP contribution is -2.41. The van der Waals surface area contributed by atoms with Crippen molar-refractivity contribution in [2.24, 2.45) is 11.8 Å². The second kappa shape index (κ2) is 8.57. The fraction of sp³-hybridized carbons (Fsp3) is 0.524. The third-order valence-electron chi connectivity index (χ3n) is 5.21. The third-order valence-corrected chi connectivity index (χ3v) is 5.21. The van der Waals surface area contributed by atoms with Crippen molar-refractivity contribution in [2.75, 3.05) is 13.1 Å². The van der Waals surface area contributed by atoms with E-state index in [2.05, 4.69) is 28.8 Å². The van der Waals surface area contributed by atoms with Gasteiger partial charge in [0, 0.05) is 37.2 Å². The first-order valence-electron chi connectivity index (χ1n) is 9.67. The number of nitrogens with zero attached hydrogens (tertiary/aromatic N) is 4. The normalized spacial score (nSPS) is 16.6. The smallest absolute Gasteiger partial charge is 0.257 e. The number of aliphatic hydroxyl groups is 1. The zero-order valence-electron chi connectivity index (χ0n) is 16.3. The van der Waals surface area contributed by atoms with Gasteiger partial charge in [-0.05, 0) is 50.2 Å². The number of piperidine rings is 1. The van der Waals surface area contributed by atoms with Gasteiger partial charge in [-0.1, -0.05) is 13.8 Å². The average Bonchev–Trinajstić information content (AvgIpc) is 2.67. The Morgan fingerprint density at radius 3 is 2.63 bits per heavy atom. The van der Waals surface area contributed by atoms with Crippen molar-refractivity contribution in [2.45, 2.75) is 46.1 Å². The molecule has 0 aliphatic carbocycles. The second-order valence-corrected chi connectivity index (χ2v) is 7.76. The molecule has 1 N–H and O–H groups in total. The molecular formula is C21H28N4O2. The van der Waals surface area contributed by atoms with Crippen LogP contribution in [0.5, 0.6) is 0 Å². The molecule has 0 radical (unpaired) electrons. The van der Waals surface area contributed by atoms with Crippen molar-refractivity contribution < 1.29 is 9.90 Å². The van der Waals surface area contributed by atoms with Crippen LogP contribution in [0.3, 0.4) is 0 Å². The number of pyridine rings is 1. The minimum Gasteiger partial charge on any atom is -0.393 e. The molecule has 1 saturated heterocycles. The van der Waals surface area contributed by atoms with Gasteiger partial charge in [-0.2, -0.15) is 0 Å². The number of likely N-dealkylation sites (tertiary alicyclic amines) is 1. The summed E-state index contributed by atoms with van der Waals surface area (Å²) in [5.74, 6) is 1.31. The summed E-state index contributed by atoms with van der Waals surface area (Å²) in [7, 11) is 0. The topological polar surface area (TPSA) is 79.2 Å². The molecule has 3 heterocycles.